The van der Waals surface area contributed by atoms with Gasteiger partial charge in [0.1, 0.15) is 11.3 Å². The molecule has 0 bridgehead atoms. The molecule has 0 aliphatic heterocycles. The van der Waals surface area contributed by atoms with E-state index in [1.165, 1.54) is 10.7 Å². The summed E-state index contributed by atoms with van der Waals surface area (Å²) in [5, 5.41) is 10.9. The van der Waals surface area contributed by atoms with Crippen molar-refractivity contribution in [1.29, 1.82) is 0 Å². The Morgan fingerprint density at radius 2 is 2.15 bits per heavy atom. The zero-order valence-electron chi connectivity index (χ0n) is 15.1. The average Bonchev–Trinajstić information content (AvgIpc) is 2.98. The number of nitrogens with one attached hydrogen (secondary N) is 1. The number of hydrogen-bond acceptors (Lipinski definition) is 6. The van der Waals surface area contributed by atoms with Crippen LogP contribution in [0.4, 0.5) is 5.82 Å². The number of amides is 1. The van der Waals surface area contributed by atoms with Gasteiger partial charge in [-0.3, -0.25) is 9.48 Å². The van der Waals surface area contributed by atoms with Crippen molar-refractivity contribution in [3.05, 3.63) is 45.9 Å². The predicted molar refractivity (Wildman–Crippen MR) is 96.3 cm³/mol. The fourth-order valence-corrected chi connectivity index (χ4v) is 2.72. The molecule has 1 N–H and O–H groups in total. The Kier molecular flexibility index (Phi) is 4.75. The SMILES string of the molecule is CCc1cc(=O)oc2cc(C)cc(OC(C)C(=O)Nc3cn(C)nn3)c12. The first kappa shape index (κ1) is 17.7. The minimum atomic E-state index is -0.779. The van der Waals surface area contributed by atoms with Gasteiger partial charge in [-0.05, 0) is 43.5 Å². The Balaban J connectivity index is 1.92. The summed E-state index contributed by atoms with van der Waals surface area (Å²) in [5.74, 6) is 0.500. The zero-order chi connectivity index (χ0) is 18.8. The number of carbonyl (C=O) groups is 1. The molecular formula is C18H20N4O4. The van der Waals surface area contributed by atoms with Gasteiger partial charge in [0.05, 0.1) is 11.6 Å². The largest absolute Gasteiger partial charge is 0.480 e. The van der Waals surface area contributed by atoms with Crippen LogP contribution in [0.3, 0.4) is 0 Å². The molecule has 3 aromatic rings. The number of hydrogen-bond donors (Lipinski definition) is 1. The molecule has 1 unspecified atom stereocenters. The molecule has 1 atom stereocenters. The molecule has 3 rings (SSSR count). The van der Waals surface area contributed by atoms with Gasteiger partial charge in [-0.15, -0.1) is 5.10 Å². The van der Waals surface area contributed by atoms with Crippen LogP contribution in [0.2, 0.25) is 0 Å². The van der Waals surface area contributed by atoms with Crippen LogP contribution < -0.4 is 15.7 Å². The van der Waals surface area contributed by atoms with E-state index in [0.29, 0.717) is 29.0 Å². The third-order valence-electron chi connectivity index (χ3n) is 3.94. The number of benzene rings is 1. The lowest BCUT2D eigenvalue weighted by atomic mass is 10.0. The Morgan fingerprint density at radius 1 is 1.38 bits per heavy atom. The van der Waals surface area contributed by atoms with Gasteiger partial charge in [-0.1, -0.05) is 12.1 Å². The molecule has 2 aromatic heterocycles. The molecule has 0 aliphatic rings. The molecule has 0 aliphatic carbocycles. The van der Waals surface area contributed by atoms with Crippen molar-refractivity contribution in [1.82, 2.24) is 15.0 Å². The van der Waals surface area contributed by atoms with Gasteiger partial charge in [0, 0.05) is 13.1 Å². The normalized spacial score (nSPS) is 12.2. The predicted octanol–water partition coefficient (Wildman–Crippen LogP) is 2.20. The minimum Gasteiger partial charge on any atom is -0.480 e. The highest BCUT2D eigenvalue weighted by Crippen LogP contribution is 2.31. The van der Waals surface area contributed by atoms with E-state index in [-0.39, 0.29) is 5.91 Å². The molecule has 1 aromatic carbocycles. The molecule has 1 amide bonds. The van der Waals surface area contributed by atoms with E-state index < -0.39 is 11.7 Å². The van der Waals surface area contributed by atoms with Crippen molar-refractivity contribution >= 4 is 22.7 Å². The van der Waals surface area contributed by atoms with Crippen LogP contribution in [0.1, 0.15) is 25.0 Å². The van der Waals surface area contributed by atoms with Gasteiger partial charge >= 0.3 is 5.63 Å². The molecule has 0 spiro atoms. The number of fused-ring (bicyclic) bond motifs is 1. The summed E-state index contributed by atoms with van der Waals surface area (Å²) < 4.78 is 12.7. The maximum atomic E-state index is 12.4. The standard InChI is InChI=1S/C18H20N4O4/c1-5-12-8-16(23)26-14-7-10(2)6-13(17(12)14)25-11(3)18(24)19-15-9-22(4)21-20-15/h6-9,11H,5H2,1-4H3,(H,19,24). The summed E-state index contributed by atoms with van der Waals surface area (Å²) in [4.78, 5) is 24.1. The molecule has 0 radical (unpaired) electrons. The summed E-state index contributed by atoms with van der Waals surface area (Å²) in [6.07, 6.45) is 1.46. The van der Waals surface area contributed by atoms with E-state index in [0.717, 1.165) is 11.1 Å². The Labute approximate surface area is 149 Å². The second kappa shape index (κ2) is 6.99. The smallest absolute Gasteiger partial charge is 0.336 e. The lowest BCUT2D eigenvalue weighted by Gasteiger charge is -2.17. The van der Waals surface area contributed by atoms with E-state index in [4.69, 9.17) is 9.15 Å². The van der Waals surface area contributed by atoms with Crippen LogP contribution in [-0.2, 0) is 18.3 Å². The Bertz CT molecular complexity index is 1020. The highest BCUT2D eigenvalue weighted by molar-refractivity contribution is 5.94. The molecular weight excluding hydrogens is 336 g/mol. The van der Waals surface area contributed by atoms with Gasteiger partial charge < -0.3 is 14.5 Å². The number of carbonyl (C=O) groups excluding carboxylic acids is 1. The molecule has 0 saturated carbocycles. The zero-order valence-corrected chi connectivity index (χ0v) is 15.1. The third-order valence-corrected chi connectivity index (χ3v) is 3.94. The van der Waals surface area contributed by atoms with Gasteiger partial charge in [0.2, 0.25) is 0 Å². The maximum absolute atomic E-state index is 12.4. The maximum Gasteiger partial charge on any atom is 0.336 e. The number of aromatic nitrogens is 3. The van der Waals surface area contributed by atoms with E-state index in [2.05, 4.69) is 15.6 Å². The fourth-order valence-electron chi connectivity index (χ4n) is 2.72. The molecule has 26 heavy (non-hydrogen) atoms. The summed E-state index contributed by atoms with van der Waals surface area (Å²) in [6.45, 7) is 5.46. The van der Waals surface area contributed by atoms with Gasteiger partial charge in [-0.2, -0.15) is 0 Å². The number of ether oxygens (including phenoxy) is 1. The van der Waals surface area contributed by atoms with Crippen molar-refractivity contribution in [3.8, 4) is 5.75 Å². The third kappa shape index (κ3) is 3.58. The van der Waals surface area contributed by atoms with E-state index >= 15 is 0 Å². The van der Waals surface area contributed by atoms with Gasteiger partial charge in [0.15, 0.2) is 11.9 Å². The summed E-state index contributed by atoms with van der Waals surface area (Å²) in [7, 11) is 1.71. The van der Waals surface area contributed by atoms with Crippen molar-refractivity contribution in [2.24, 2.45) is 7.05 Å². The second-order valence-corrected chi connectivity index (χ2v) is 6.11. The number of anilines is 1. The summed E-state index contributed by atoms with van der Waals surface area (Å²) >= 11 is 0. The topological polar surface area (TPSA) is 99.2 Å². The van der Waals surface area contributed by atoms with Gasteiger partial charge in [-0.25, -0.2) is 4.79 Å². The van der Waals surface area contributed by atoms with E-state index in [9.17, 15) is 9.59 Å². The highest BCUT2D eigenvalue weighted by atomic mass is 16.5. The molecule has 0 fully saturated rings. The lowest BCUT2D eigenvalue weighted by molar-refractivity contribution is -0.122. The van der Waals surface area contributed by atoms with Crippen molar-refractivity contribution in [2.45, 2.75) is 33.3 Å². The van der Waals surface area contributed by atoms with Crippen molar-refractivity contribution in [3.63, 3.8) is 0 Å². The number of aryl methyl sites for hydroxylation is 3. The minimum absolute atomic E-state index is 0.349. The van der Waals surface area contributed by atoms with Gasteiger partial charge in [0.25, 0.3) is 5.91 Å². The van der Waals surface area contributed by atoms with Crippen LogP contribution in [0.5, 0.6) is 5.75 Å². The van der Waals surface area contributed by atoms with Crippen LogP contribution in [0.15, 0.2) is 33.6 Å². The van der Waals surface area contributed by atoms with E-state index in [1.54, 1.807) is 26.2 Å². The highest BCUT2D eigenvalue weighted by Gasteiger charge is 2.19. The molecule has 136 valence electrons. The first-order valence-corrected chi connectivity index (χ1v) is 8.28. The molecule has 8 nitrogen and oxygen atoms in total. The lowest BCUT2D eigenvalue weighted by Crippen LogP contribution is -2.30. The Hall–Kier alpha value is -3.16. The quantitative estimate of drug-likeness (QED) is 0.704. The Morgan fingerprint density at radius 3 is 2.81 bits per heavy atom. The monoisotopic (exact) mass is 356 g/mol. The fraction of sp³-hybridized carbons (Fsp3) is 0.333. The number of rotatable bonds is 5. The summed E-state index contributed by atoms with van der Waals surface area (Å²) in [5.41, 5.74) is 1.73. The number of nitrogens with zero attached hydrogens (tertiary/aromatic N) is 3. The van der Waals surface area contributed by atoms with Crippen LogP contribution >= 0.6 is 0 Å². The van der Waals surface area contributed by atoms with Crippen molar-refractivity contribution < 1.29 is 13.9 Å². The first-order chi connectivity index (χ1) is 12.4. The van der Waals surface area contributed by atoms with E-state index in [1.807, 2.05) is 19.9 Å². The first-order valence-electron chi connectivity index (χ1n) is 8.28. The molecule has 8 heteroatoms. The van der Waals surface area contributed by atoms with Crippen LogP contribution in [0, 0.1) is 6.92 Å². The summed E-state index contributed by atoms with van der Waals surface area (Å²) in [6, 6.07) is 5.06. The van der Waals surface area contributed by atoms with Crippen molar-refractivity contribution in [2.75, 3.05) is 5.32 Å². The average molecular weight is 356 g/mol. The molecule has 2 heterocycles. The second-order valence-electron chi connectivity index (χ2n) is 6.11. The molecule has 0 saturated heterocycles. The van der Waals surface area contributed by atoms with Crippen LogP contribution in [0.25, 0.3) is 11.0 Å². The van der Waals surface area contributed by atoms with Crippen LogP contribution in [-0.4, -0.2) is 27.0 Å².